The van der Waals surface area contributed by atoms with Gasteiger partial charge in [-0.25, -0.2) is 25.9 Å². The van der Waals surface area contributed by atoms with Crippen LogP contribution in [0.15, 0.2) is 23.1 Å². The lowest BCUT2D eigenvalue weighted by atomic mass is 10.2. The van der Waals surface area contributed by atoms with Crippen molar-refractivity contribution in [2.45, 2.75) is 30.8 Å². The number of halogens is 1. The molecule has 0 radical (unpaired) electrons. The second-order valence-electron chi connectivity index (χ2n) is 6.06. The fourth-order valence-electron chi connectivity index (χ4n) is 2.70. The van der Waals surface area contributed by atoms with Crippen LogP contribution in [0.4, 0.5) is 4.39 Å². The number of aryl methyl sites for hydroxylation is 1. The summed E-state index contributed by atoms with van der Waals surface area (Å²) in [5.74, 6) is -0.517. The zero-order chi connectivity index (χ0) is 18.7. The predicted molar refractivity (Wildman–Crippen MR) is 91.7 cm³/mol. The molecule has 25 heavy (non-hydrogen) atoms. The first kappa shape index (κ1) is 20.2. The Kier molecular flexibility index (Phi) is 6.55. The van der Waals surface area contributed by atoms with Gasteiger partial charge in [-0.05, 0) is 43.5 Å². The van der Waals surface area contributed by atoms with Crippen LogP contribution >= 0.6 is 0 Å². The van der Waals surface area contributed by atoms with Gasteiger partial charge in [-0.2, -0.15) is 4.31 Å². The van der Waals surface area contributed by atoms with Crippen LogP contribution in [0.5, 0.6) is 0 Å². The minimum Gasteiger partial charge on any atom is -0.377 e. The number of hydrogen-bond acceptors (Lipinski definition) is 5. The van der Waals surface area contributed by atoms with Crippen molar-refractivity contribution in [3.63, 3.8) is 0 Å². The smallest absolute Gasteiger partial charge is 0.240 e. The molecule has 1 heterocycles. The van der Waals surface area contributed by atoms with E-state index in [1.165, 1.54) is 17.3 Å². The molecule has 0 spiro atoms. The molecule has 7 nitrogen and oxygen atoms in total. The van der Waals surface area contributed by atoms with Crippen LogP contribution in [-0.4, -0.2) is 59.7 Å². The largest absolute Gasteiger partial charge is 0.377 e. The van der Waals surface area contributed by atoms with Crippen molar-refractivity contribution in [2.24, 2.45) is 0 Å². The van der Waals surface area contributed by atoms with E-state index in [1.807, 2.05) is 0 Å². The monoisotopic (exact) mass is 394 g/mol. The number of ether oxygens (including phenoxy) is 1. The Hall–Kier alpha value is -1.07. The number of benzene rings is 1. The van der Waals surface area contributed by atoms with E-state index in [2.05, 4.69) is 4.72 Å². The average molecular weight is 394 g/mol. The van der Waals surface area contributed by atoms with Crippen LogP contribution in [0.25, 0.3) is 0 Å². The van der Waals surface area contributed by atoms with Crippen LogP contribution in [0, 0.1) is 12.7 Å². The SMILES string of the molecule is Cc1cc(F)ccc1S(=O)(=O)NCCN(CC1CCCO1)S(C)(=O)=O. The van der Waals surface area contributed by atoms with Gasteiger partial charge in [-0.1, -0.05) is 0 Å². The van der Waals surface area contributed by atoms with Crippen molar-refractivity contribution < 1.29 is 26.0 Å². The van der Waals surface area contributed by atoms with Crippen molar-refractivity contribution in [3.05, 3.63) is 29.6 Å². The highest BCUT2D eigenvalue weighted by Crippen LogP contribution is 2.17. The van der Waals surface area contributed by atoms with Gasteiger partial charge in [-0.15, -0.1) is 0 Å². The van der Waals surface area contributed by atoms with Crippen molar-refractivity contribution >= 4 is 20.0 Å². The molecule has 1 atom stereocenters. The number of rotatable bonds is 8. The zero-order valence-corrected chi connectivity index (χ0v) is 15.9. The summed E-state index contributed by atoms with van der Waals surface area (Å²) in [6.45, 7) is 2.23. The third-order valence-electron chi connectivity index (χ3n) is 3.98. The first-order chi connectivity index (χ1) is 11.6. The molecular formula is C15H23FN2O5S2. The number of sulfonamides is 2. The van der Waals surface area contributed by atoms with Crippen molar-refractivity contribution in [1.82, 2.24) is 9.03 Å². The highest BCUT2D eigenvalue weighted by molar-refractivity contribution is 7.89. The molecule has 1 fully saturated rings. The van der Waals surface area contributed by atoms with Crippen LogP contribution < -0.4 is 4.72 Å². The average Bonchev–Trinajstić information content (AvgIpc) is 2.97. The minimum atomic E-state index is -3.85. The first-order valence-corrected chi connectivity index (χ1v) is 11.3. The highest BCUT2D eigenvalue weighted by atomic mass is 32.2. The molecular weight excluding hydrogens is 371 g/mol. The summed E-state index contributed by atoms with van der Waals surface area (Å²) in [5, 5.41) is 0. The molecule has 1 unspecified atom stereocenters. The van der Waals surface area contributed by atoms with E-state index in [1.54, 1.807) is 0 Å². The van der Waals surface area contributed by atoms with Gasteiger partial charge in [0.1, 0.15) is 5.82 Å². The summed E-state index contributed by atoms with van der Waals surface area (Å²) in [7, 11) is -7.33. The molecule has 1 aliphatic rings. The van der Waals surface area contributed by atoms with E-state index in [0.29, 0.717) is 6.61 Å². The Morgan fingerprint density at radius 3 is 2.60 bits per heavy atom. The highest BCUT2D eigenvalue weighted by Gasteiger charge is 2.25. The summed E-state index contributed by atoms with van der Waals surface area (Å²) in [6.07, 6.45) is 2.59. The molecule has 0 bridgehead atoms. The maximum atomic E-state index is 13.1. The molecule has 0 aliphatic carbocycles. The lowest BCUT2D eigenvalue weighted by Gasteiger charge is -2.23. The second-order valence-corrected chi connectivity index (χ2v) is 9.78. The normalized spacial score (nSPS) is 18.8. The standard InChI is InChI=1S/C15H23FN2O5S2/c1-12-10-13(16)5-6-15(12)25(21,22)17-7-8-18(24(2,19)20)11-14-4-3-9-23-14/h5-6,10,14,17H,3-4,7-9,11H2,1-2H3. The Labute approximate surface area is 148 Å². The molecule has 10 heteroatoms. The molecule has 0 saturated carbocycles. The van der Waals surface area contributed by atoms with Gasteiger partial charge in [0.15, 0.2) is 0 Å². The quantitative estimate of drug-likeness (QED) is 0.706. The molecule has 0 aromatic heterocycles. The predicted octanol–water partition coefficient (Wildman–Crippen LogP) is 0.853. The summed E-state index contributed by atoms with van der Waals surface area (Å²) in [6, 6.07) is 3.39. The molecule has 142 valence electrons. The van der Waals surface area contributed by atoms with Gasteiger partial charge < -0.3 is 4.74 Å². The first-order valence-electron chi connectivity index (χ1n) is 7.92. The summed E-state index contributed by atoms with van der Waals surface area (Å²) in [5.41, 5.74) is 0.284. The van der Waals surface area contributed by atoms with E-state index in [0.717, 1.165) is 31.2 Å². The van der Waals surface area contributed by atoms with Gasteiger partial charge in [0.25, 0.3) is 0 Å². The van der Waals surface area contributed by atoms with E-state index >= 15 is 0 Å². The van der Waals surface area contributed by atoms with E-state index < -0.39 is 25.9 Å². The van der Waals surface area contributed by atoms with Gasteiger partial charge in [0.05, 0.1) is 17.3 Å². The maximum Gasteiger partial charge on any atom is 0.240 e. The molecule has 1 saturated heterocycles. The second kappa shape index (κ2) is 8.09. The Morgan fingerprint density at radius 2 is 2.04 bits per heavy atom. The summed E-state index contributed by atoms with van der Waals surface area (Å²) >= 11 is 0. The third kappa shape index (κ3) is 5.71. The maximum absolute atomic E-state index is 13.1. The molecule has 1 aromatic rings. The van der Waals surface area contributed by atoms with Crippen LogP contribution in [0.3, 0.4) is 0 Å². The van der Waals surface area contributed by atoms with Crippen LogP contribution in [0.1, 0.15) is 18.4 Å². The Bertz CT molecular complexity index is 805. The van der Waals surface area contributed by atoms with E-state index in [9.17, 15) is 21.2 Å². The Balaban J connectivity index is 2.00. The van der Waals surface area contributed by atoms with Crippen LogP contribution in [0.2, 0.25) is 0 Å². The van der Waals surface area contributed by atoms with Crippen molar-refractivity contribution in [3.8, 4) is 0 Å². The van der Waals surface area contributed by atoms with E-state index in [4.69, 9.17) is 4.74 Å². The van der Waals surface area contributed by atoms with Gasteiger partial charge in [-0.3, -0.25) is 0 Å². The minimum absolute atomic E-state index is 0.00182. The molecule has 0 amide bonds. The molecule has 2 rings (SSSR count). The van der Waals surface area contributed by atoms with Gasteiger partial charge >= 0.3 is 0 Å². The number of nitrogens with one attached hydrogen (secondary N) is 1. The van der Waals surface area contributed by atoms with Gasteiger partial charge in [0.2, 0.25) is 20.0 Å². The summed E-state index contributed by atoms with van der Waals surface area (Å²) in [4.78, 5) is -0.0288. The lowest BCUT2D eigenvalue weighted by Crippen LogP contribution is -2.41. The van der Waals surface area contributed by atoms with Crippen molar-refractivity contribution in [1.29, 1.82) is 0 Å². The zero-order valence-electron chi connectivity index (χ0n) is 14.2. The molecule has 1 N–H and O–H groups in total. The topological polar surface area (TPSA) is 92.8 Å². The number of nitrogens with zero attached hydrogens (tertiary/aromatic N) is 1. The van der Waals surface area contributed by atoms with Gasteiger partial charge in [0, 0.05) is 26.2 Å². The third-order valence-corrected chi connectivity index (χ3v) is 6.87. The lowest BCUT2D eigenvalue weighted by molar-refractivity contribution is 0.0943. The van der Waals surface area contributed by atoms with Crippen molar-refractivity contribution in [2.75, 3.05) is 32.5 Å². The fourth-order valence-corrected chi connectivity index (χ4v) is 4.81. The number of hydrogen-bond donors (Lipinski definition) is 1. The molecule has 1 aliphatic heterocycles. The summed E-state index contributed by atoms with van der Waals surface area (Å²) < 4.78 is 70.5. The fraction of sp³-hybridized carbons (Fsp3) is 0.600. The van der Waals surface area contributed by atoms with Crippen LogP contribution in [-0.2, 0) is 24.8 Å². The Morgan fingerprint density at radius 1 is 1.32 bits per heavy atom. The molecule has 1 aromatic carbocycles. The van der Waals surface area contributed by atoms with E-state index in [-0.39, 0.29) is 36.2 Å².